The minimum absolute atomic E-state index is 0.0215. The molecule has 2 aromatic rings. The van der Waals surface area contributed by atoms with E-state index in [1.165, 1.54) is 6.42 Å². The highest BCUT2D eigenvalue weighted by Gasteiger charge is 2.22. The Balaban J connectivity index is 1.57. The number of anilines is 1. The Morgan fingerprint density at radius 3 is 2.64 bits per heavy atom. The summed E-state index contributed by atoms with van der Waals surface area (Å²) < 4.78 is 5.14. The molecule has 132 valence electrons. The van der Waals surface area contributed by atoms with E-state index in [0.717, 1.165) is 30.8 Å². The first-order valence-electron chi connectivity index (χ1n) is 8.64. The Labute approximate surface area is 148 Å². The molecule has 1 fully saturated rings. The van der Waals surface area contributed by atoms with Crippen LogP contribution in [-0.2, 0) is 6.54 Å². The smallest absolute Gasteiger partial charge is 0.257 e. The van der Waals surface area contributed by atoms with Gasteiger partial charge in [-0.05, 0) is 36.5 Å². The largest absolute Gasteiger partial charge is 0.497 e. The molecule has 6 heteroatoms. The molecule has 0 saturated carbocycles. The van der Waals surface area contributed by atoms with Crippen LogP contribution in [0.4, 0.5) is 5.95 Å². The van der Waals surface area contributed by atoms with Gasteiger partial charge in [0.25, 0.3) is 5.91 Å². The number of benzene rings is 1. The maximum Gasteiger partial charge on any atom is 0.257 e. The van der Waals surface area contributed by atoms with Crippen LogP contribution in [0.2, 0.25) is 0 Å². The van der Waals surface area contributed by atoms with Gasteiger partial charge in [0.05, 0.1) is 12.7 Å². The molecule has 1 aliphatic rings. The highest BCUT2D eigenvalue weighted by atomic mass is 16.5. The minimum Gasteiger partial charge on any atom is -0.497 e. The lowest BCUT2D eigenvalue weighted by molar-refractivity contribution is 0.0682. The van der Waals surface area contributed by atoms with Crippen molar-refractivity contribution < 1.29 is 9.53 Å². The second-order valence-corrected chi connectivity index (χ2v) is 6.50. The molecule has 1 saturated heterocycles. The number of likely N-dealkylation sites (tertiary alicyclic amines) is 1. The number of methoxy groups -OCH3 is 1. The van der Waals surface area contributed by atoms with Crippen molar-refractivity contribution in [2.75, 3.05) is 25.5 Å². The lowest BCUT2D eigenvalue weighted by atomic mass is 10.00. The summed E-state index contributed by atoms with van der Waals surface area (Å²) in [5.41, 5.74) is 1.65. The number of carbonyl (C=O) groups is 1. The van der Waals surface area contributed by atoms with Crippen molar-refractivity contribution in [1.29, 1.82) is 0 Å². The first kappa shape index (κ1) is 17.2. The van der Waals surface area contributed by atoms with Gasteiger partial charge in [-0.15, -0.1) is 0 Å². The summed E-state index contributed by atoms with van der Waals surface area (Å²) in [4.78, 5) is 22.9. The van der Waals surface area contributed by atoms with Crippen molar-refractivity contribution in [3.63, 3.8) is 0 Å². The number of piperidine rings is 1. The van der Waals surface area contributed by atoms with Crippen molar-refractivity contribution in [3.05, 3.63) is 47.8 Å². The SMILES string of the molecule is COc1ccc(CNc2ncc(C(=O)N3CCCC(C)C3)cn2)cc1. The van der Waals surface area contributed by atoms with Crippen LogP contribution >= 0.6 is 0 Å². The molecule has 3 rings (SSSR count). The van der Waals surface area contributed by atoms with Crippen LogP contribution in [0.25, 0.3) is 0 Å². The molecule has 0 spiro atoms. The lowest BCUT2D eigenvalue weighted by Gasteiger charge is -2.30. The molecule has 1 aromatic carbocycles. The highest BCUT2D eigenvalue weighted by molar-refractivity contribution is 5.93. The molecular formula is C19H24N4O2. The van der Waals surface area contributed by atoms with Crippen LogP contribution in [0, 0.1) is 5.92 Å². The number of amides is 1. The summed E-state index contributed by atoms with van der Waals surface area (Å²) in [6.07, 6.45) is 5.46. The van der Waals surface area contributed by atoms with E-state index >= 15 is 0 Å². The van der Waals surface area contributed by atoms with Gasteiger partial charge < -0.3 is 15.0 Å². The second-order valence-electron chi connectivity index (χ2n) is 6.50. The molecule has 6 nitrogen and oxygen atoms in total. The van der Waals surface area contributed by atoms with Gasteiger partial charge in [-0.3, -0.25) is 4.79 Å². The van der Waals surface area contributed by atoms with Crippen molar-refractivity contribution in [2.24, 2.45) is 5.92 Å². The fraction of sp³-hybridized carbons (Fsp3) is 0.421. The van der Waals surface area contributed by atoms with Gasteiger partial charge in [0.15, 0.2) is 0 Å². The molecule has 1 aromatic heterocycles. The zero-order valence-corrected chi connectivity index (χ0v) is 14.7. The first-order chi connectivity index (χ1) is 12.2. The van der Waals surface area contributed by atoms with Crippen molar-refractivity contribution in [2.45, 2.75) is 26.3 Å². The molecule has 1 N–H and O–H groups in total. The second kappa shape index (κ2) is 7.96. The van der Waals surface area contributed by atoms with Crippen molar-refractivity contribution >= 4 is 11.9 Å². The third-order valence-electron chi connectivity index (χ3n) is 4.45. The molecule has 0 radical (unpaired) electrons. The first-order valence-corrected chi connectivity index (χ1v) is 8.64. The number of ether oxygens (including phenoxy) is 1. The maximum atomic E-state index is 12.5. The van der Waals surface area contributed by atoms with Gasteiger partial charge in [0, 0.05) is 32.0 Å². The number of carbonyl (C=O) groups excluding carboxylic acids is 1. The van der Waals surface area contributed by atoms with Crippen molar-refractivity contribution in [3.8, 4) is 5.75 Å². The Morgan fingerprint density at radius 2 is 2.00 bits per heavy atom. The molecule has 1 unspecified atom stereocenters. The van der Waals surface area contributed by atoms with E-state index in [1.807, 2.05) is 29.2 Å². The zero-order chi connectivity index (χ0) is 17.6. The molecule has 1 amide bonds. The van der Waals surface area contributed by atoms with Gasteiger partial charge in [-0.2, -0.15) is 0 Å². The summed E-state index contributed by atoms with van der Waals surface area (Å²) in [6.45, 7) is 4.43. The molecule has 1 atom stereocenters. The van der Waals surface area contributed by atoms with E-state index in [2.05, 4.69) is 22.2 Å². The van der Waals surface area contributed by atoms with Crippen LogP contribution < -0.4 is 10.1 Å². The predicted molar refractivity (Wildman–Crippen MR) is 96.7 cm³/mol. The van der Waals surface area contributed by atoms with Gasteiger partial charge in [-0.25, -0.2) is 9.97 Å². The summed E-state index contributed by atoms with van der Waals surface area (Å²) >= 11 is 0. The quantitative estimate of drug-likeness (QED) is 0.906. The molecule has 0 bridgehead atoms. The van der Waals surface area contributed by atoms with Crippen LogP contribution in [-0.4, -0.2) is 41.0 Å². The third kappa shape index (κ3) is 4.47. The number of hydrogen-bond acceptors (Lipinski definition) is 5. The number of nitrogens with one attached hydrogen (secondary N) is 1. The summed E-state index contributed by atoms with van der Waals surface area (Å²) in [5, 5.41) is 3.16. The topological polar surface area (TPSA) is 67.3 Å². The zero-order valence-electron chi connectivity index (χ0n) is 14.7. The number of hydrogen-bond donors (Lipinski definition) is 1. The average Bonchev–Trinajstić information content (AvgIpc) is 2.66. The molecule has 25 heavy (non-hydrogen) atoms. The van der Waals surface area contributed by atoms with Crippen LogP contribution in [0.3, 0.4) is 0 Å². The van der Waals surface area contributed by atoms with Gasteiger partial charge in [0.1, 0.15) is 5.75 Å². The van der Waals surface area contributed by atoms with Gasteiger partial charge in [0.2, 0.25) is 5.95 Å². The Morgan fingerprint density at radius 1 is 1.28 bits per heavy atom. The van der Waals surface area contributed by atoms with Crippen molar-refractivity contribution in [1.82, 2.24) is 14.9 Å². The van der Waals surface area contributed by atoms with Crippen LogP contribution in [0.15, 0.2) is 36.7 Å². The molecule has 0 aliphatic carbocycles. The maximum absolute atomic E-state index is 12.5. The van der Waals surface area contributed by atoms with E-state index in [9.17, 15) is 4.79 Å². The van der Waals surface area contributed by atoms with Gasteiger partial charge in [-0.1, -0.05) is 19.1 Å². The van der Waals surface area contributed by atoms with E-state index in [4.69, 9.17) is 4.74 Å². The lowest BCUT2D eigenvalue weighted by Crippen LogP contribution is -2.39. The van der Waals surface area contributed by atoms with Gasteiger partial charge >= 0.3 is 0 Å². The predicted octanol–water partition coefficient (Wildman–Crippen LogP) is 2.97. The number of aromatic nitrogens is 2. The Bertz CT molecular complexity index is 700. The molecule has 1 aliphatic heterocycles. The van der Waals surface area contributed by atoms with E-state index < -0.39 is 0 Å². The Hall–Kier alpha value is -2.63. The van der Waals surface area contributed by atoms with Crippen LogP contribution in [0.5, 0.6) is 5.75 Å². The fourth-order valence-corrected chi connectivity index (χ4v) is 3.01. The van der Waals surface area contributed by atoms with E-state index in [0.29, 0.717) is 24.0 Å². The summed E-state index contributed by atoms with van der Waals surface area (Å²) in [5.74, 6) is 1.92. The Kier molecular flexibility index (Phi) is 5.48. The van der Waals surface area contributed by atoms with Crippen LogP contribution in [0.1, 0.15) is 35.7 Å². The summed E-state index contributed by atoms with van der Waals surface area (Å²) in [6, 6.07) is 7.81. The number of nitrogens with zero attached hydrogens (tertiary/aromatic N) is 3. The normalized spacial score (nSPS) is 17.2. The third-order valence-corrected chi connectivity index (χ3v) is 4.45. The molecule has 2 heterocycles. The highest BCUT2D eigenvalue weighted by Crippen LogP contribution is 2.18. The summed E-state index contributed by atoms with van der Waals surface area (Å²) in [7, 11) is 1.65. The van der Waals surface area contributed by atoms with E-state index in [-0.39, 0.29) is 5.91 Å². The minimum atomic E-state index is 0.0215. The number of rotatable bonds is 5. The fourth-order valence-electron chi connectivity index (χ4n) is 3.01. The molecular weight excluding hydrogens is 316 g/mol. The standard InChI is InChI=1S/C19H24N4O2/c1-14-4-3-9-23(13-14)18(24)16-11-21-19(22-12-16)20-10-15-5-7-17(25-2)8-6-15/h5-8,11-12,14H,3-4,9-10,13H2,1-2H3,(H,20,21,22). The van der Waals surface area contributed by atoms with E-state index in [1.54, 1.807) is 19.5 Å². The average molecular weight is 340 g/mol. The monoisotopic (exact) mass is 340 g/mol.